The normalized spacial score (nSPS) is 12.4. The highest BCUT2D eigenvalue weighted by Crippen LogP contribution is 2.23. The number of halogens is 2. The molecule has 0 amide bonds. The summed E-state index contributed by atoms with van der Waals surface area (Å²) in [5, 5.41) is 0.781. The van der Waals surface area contributed by atoms with Gasteiger partial charge in [0, 0.05) is 8.59 Å². The van der Waals surface area contributed by atoms with E-state index in [0.717, 1.165) is 17.0 Å². The number of nitrogens with two attached hydrogens (primary N) is 1. The fourth-order valence-electron chi connectivity index (χ4n) is 1.88. The van der Waals surface area contributed by atoms with Crippen molar-refractivity contribution in [1.29, 1.82) is 0 Å². The van der Waals surface area contributed by atoms with E-state index in [-0.39, 0.29) is 6.04 Å². The predicted molar refractivity (Wildman–Crippen MR) is 84.4 cm³/mol. The quantitative estimate of drug-likeness (QED) is 0.488. The molecule has 0 aliphatic carbocycles. The van der Waals surface area contributed by atoms with Gasteiger partial charge in [-0.3, -0.25) is 11.3 Å². The largest absolute Gasteiger partial charge is 0.271 e. The minimum absolute atomic E-state index is 0.0691. The van der Waals surface area contributed by atoms with Crippen LogP contribution in [0, 0.1) is 3.57 Å². The lowest BCUT2D eigenvalue weighted by atomic mass is 9.99. The van der Waals surface area contributed by atoms with Gasteiger partial charge in [0.05, 0.1) is 6.04 Å². The van der Waals surface area contributed by atoms with Crippen LogP contribution < -0.4 is 11.3 Å². The molecule has 0 fully saturated rings. The predicted octanol–water partition coefficient (Wildman–Crippen LogP) is 3.69. The molecule has 2 aromatic carbocycles. The van der Waals surface area contributed by atoms with Crippen molar-refractivity contribution in [1.82, 2.24) is 5.43 Å². The lowest BCUT2D eigenvalue weighted by Gasteiger charge is -2.17. The lowest BCUT2D eigenvalue weighted by Crippen LogP contribution is -2.29. The minimum Gasteiger partial charge on any atom is -0.271 e. The van der Waals surface area contributed by atoms with Crippen LogP contribution in [0.2, 0.25) is 5.02 Å². The first-order valence-electron chi connectivity index (χ1n) is 5.65. The van der Waals surface area contributed by atoms with Crippen molar-refractivity contribution >= 4 is 34.2 Å². The molecular formula is C14H14ClIN2. The Morgan fingerprint density at radius 2 is 1.94 bits per heavy atom. The van der Waals surface area contributed by atoms with E-state index in [2.05, 4.69) is 46.2 Å². The van der Waals surface area contributed by atoms with Gasteiger partial charge >= 0.3 is 0 Å². The van der Waals surface area contributed by atoms with Crippen molar-refractivity contribution < 1.29 is 0 Å². The summed E-state index contributed by atoms with van der Waals surface area (Å²) >= 11 is 8.47. The first kappa shape index (κ1) is 13.8. The zero-order chi connectivity index (χ0) is 13.0. The molecule has 94 valence electrons. The number of nitrogens with one attached hydrogen (secondary N) is 1. The third-order valence-corrected chi connectivity index (χ3v) is 3.87. The summed E-state index contributed by atoms with van der Waals surface area (Å²) in [6.07, 6.45) is 0.774. The van der Waals surface area contributed by atoms with Crippen molar-refractivity contribution in [3.63, 3.8) is 0 Å². The molecule has 2 rings (SSSR count). The van der Waals surface area contributed by atoms with Gasteiger partial charge < -0.3 is 0 Å². The maximum atomic E-state index is 6.17. The molecule has 2 nitrogen and oxygen atoms in total. The summed E-state index contributed by atoms with van der Waals surface area (Å²) in [7, 11) is 0. The molecule has 0 bridgehead atoms. The second kappa shape index (κ2) is 6.52. The Bertz CT molecular complexity index is 531. The maximum absolute atomic E-state index is 6.17. The van der Waals surface area contributed by atoms with Crippen LogP contribution in [0.25, 0.3) is 0 Å². The first-order valence-corrected chi connectivity index (χ1v) is 7.11. The molecule has 4 heteroatoms. The molecule has 18 heavy (non-hydrogen) atoms. The molecule has 0 radical (unpaired) electrons. The molecule has 1 atom stereocenters. The monoisotopic (exact) mass is 372 g/mol. The SMILES string of the molecule is NNC(Cc1ccccc1Cl)c1cccc(I)c1. The van der Waals surface area contributed by atoms with Gasteiger partial charge in [-0.05, 0) is 58.3 Å². The Labute approximate surface area is 126 Å². The average Bonchev–Trinajstić information content (AvgIpc) is 2.38. The summed E-state index contributed by atoms with van der Waals surface area (Å²) in [6.45, 7) is 0. The van der Waals surface area contributed by atoms with E-state index in [0.29, 0.717) is 0 Å². The van der Waals surface area contributed by atoms with Crippen LogP contribution in [0.4, 0.5) is 0 Å². The van der Waals surface area contributed by atoms with Gasteiger partial charge in [-0.15, -0.1) is 0 Å². The number of hydrogen-bond acceptors (Lipinski definition) is 2. The average molecular weight is 373 g/mol. The lowest BCUT2D eigenvalue weighted by molar-refractivity contribution is 0.552. The molecule has 2 aromatic rings. The van der Waals surface area contributed by atoms with Crippen molar-refractivity contribution in [2.45, 2.75) is 12.5 Å². The van der Waals surface area contributed by atoms with Crippen molar-refractivity contribution in [3.05, 3.63) is 68.3 Å². The maximum Gasteiger partial charge on any atom is 0.0501 e. The van der Waals surface area contributed by atoms with E-state index >= 15 is 0 Å². The number of rotatable bonds is 4. The topological polar surface area (TPSA) is 38.0 Å². The molecule has 0 aromatic heterocycles. The standard InChI is InChI=1S/C14H14ClIN2/c15-13-7-2-1-4-10(13)9-14(18-17)11-5-3-6-12(16)8-11/h1-8,14,18H,9,17H2. The second-order valence-corrected chi connectivity index (χ2v) is 5.72. The van der Waals surface area contributed by atoms with Crippen LogP contribution in [-0.2, 0) is 6.42 Å². The highest BCUT2D eigenvalue weighted by atomic mass is 127. The number of hydrazine groups is 1. The molecule has 0 saturated heterocycles. The van der Waals surface area contributed by atoms with Crippen LogP contribution in [0.3, 0.4) is 0 Å². The van der Waals surface area contributed by atoms with E-state index in [4.69, 9.17) is 17.4 Å². The first-order chi connectivity index (χ1) is 8.70. The van der Waals surface area contributed by atoms with Crippen molar-refractivity contribution in [2.24, 2.45) is 5.84 Å². The third kappa shape index (κ3) is 3.45. The molecule has 0 saturated carbocycles. The van der Waals surface area contributed by atoms with E-state index in [1.54, 1.807) is 0 Å². The Morgan fingerprint density at radius 1 is 1.17 bits per heavy atom. The van der Waals surface area contributed by atoms with Crippen molar-refractivity contribution in [3.8, 4) is 0 Å². The Balaban J connectivity index is 2.23. The van der Waals surface area contributed by atoms with Crippen LogP contribution in [0.15, 0.2) is 48.5 Å². The molecule has 0 aliphatic rings. The fraction of sp³-hybridized carbons (Fsp3) is 0.143. The van der Waals surface area contributed by atoms with Gasteiger partial charge in [0.2, 0.25) is 0 Å². The Kier molecular flexibility index (Phi) is 5.00. The highest BCUT2D eigenvalue weighted by molar-refractivity contribution is 14.1. The minimum atomic E-state index is 0.0691. The molecule has 1 unspecified atom stereocenters. The van der Waals surface area contributed by atoms with Gasteiger partial charge in [0.1, 0.15) is 0 Å². The van der Waals surface area contributed by atoms with Crippen LogP contribution in [0.5, 0.6) is 0 Å². The van der Waals surface area contributed by atoms with Crippen LogP contribution >= 0.6 is 34.2 Å². The summed E-state index contributed by atoms with van der Waals surface area (Å²) in [4.78, 5) is 0. The highest BCUT2D eigenvalue weighted by Gasteiger charge is 2.12. The van der Waals surface area contributed by atoms with E-state index in [1.807, 2.05) is 30.3 Å². The fourth-order valence-corrected chi connectivity index (χ4v) is 2.66. The van der Waals surface area contributed by atoms with Crippen LogP contribution in [0.1, 0.15) is 17.2 Å². The number of benzene rings is 2. The van der Waals surface area contributed by atoms with Crippen molar-refractivity contribution in [2.75, 3.05) is 0 Å². The van der Waals surface area contributed by atoms with Gasteiger partial charge in [-0.2, -0.15) is 0 Å². The molecule has 3 N–H and O–H groups in total. The summed E-state index contributed by atoms with van der Waals surface area (Å²) in [5.74, 6) is 5.66. The third-order valence-electron chi connectivity index (χ3n) is 2.83. The summed E-state index contributed by atoms with van der Waals surface area (Å²) < 4.78 is 1.20. The molecule has 0 spiro atoms. The smallest absolute Gasteiger partial charge is 0.0501 e. The van der Waals surface area contributed by atoms with Gasteiger partial charge in [0.25, 0.3) is 0 Å². The number of hydrogen-bond donors (Lipinski definition) is 2. The Morgan fingerprint density at radius 3 is 2.61 bits per heavy atom. The van der Waals surface area contributed by atoms with E-state index < -0.39 is 0 Å². The van der Waals surface area contributed by atoms with Gasteiger partial charge in [-0.25, -0.2) is 0 Å². The van der Waals surface area contributed by atoms with Gasteiger partial charge in [-0.1, -0.05) is 41.9 Å². The second-order valence-electron chi connectivity index (χ2n) is 4.07. The molecule has 0 heterocycles. The van der Waals surface area contributed by atoms with E-state index in [9.17, 15) is 0 Å². The Hall–Kier alpha value is -0.620. The van der Waals surface area contributed by atoms with Crippen LogP contribution in [-0.4, -0.2) is 0 Å². The summed E-state index contributed by atoms with van der Waals surface area (Å²) in [5.41, 5.74) is 5.13. The molecule has 0 aliphatic heterocycles. The zero-order valence-corrected chi connectivity index (χ0v) is 12.6. The van der Waals surface area contributed by atoms with Gasteiger partial charge in [0.15, 0.2) is 0 Å². The van der Waals surface area contributed by atoms with E-state index in [1.165, 1.54) is 9.13 Å². The zero-order valence-electron chi connectivity index (χ0n) is 9.74. The summed E-state index contributed by atoms with van der Waals surface area (Å²) in [6, 6.07) is 16.2. The molecular weight excluding hydrogens is 359 g/mol.